The molecule has 0 aliphatic rings. The molecule has 0 aliphatic carbocycles. The Morgan fingerprint density at radius 2 is 1.39 bits per heavy atom. The maximum atomic E-state index is 12.4. The number of benzene rings is 7. The third-order valence-electron chi connectivity index (χ3n) is 12.3. The predicted molar refractivity (Wildman–Crippen MR) is 248 cm³/mol. The first-order valence-corrected chi connectivity index (χ1v) is 20.7. The van der Waals surface area contributed by atoms with Crippen LogP contribution in [0.15, 0.2) is 134 Å². The normalized spacial score (nSPS) is 12.4. The molecule has 7 aromatic carbocycles. The average Bonchev–Trinajstić information content (AvgIpc) is 3.79. The summed E-state index contributed by atoms with van der Waals surface area (Å²) in [6.07, 6.45) is 1.66. The fraction of sp³-hybridized carbons (Fsp3) is 0.167. The minimum absolute atomic E-state index is 0. The number of hydrogen-bond acceptors (Lipinski definition) is 4. The van der Waals surface area contributed by atoms with Gasteiger partial charge in [0, 0.05) is 59.4 Å². The second-order valence-corrected chi connectivity index (χ2v) is 18.3. The molecule has 302 valence electrons. The second-order valence-electron chi connectivity index (χ2n) is 18.3. The number of nitrogens with zero attached hydrogens (tertiary/aromatic N) is 5. The third-order valence-corrected chi connectivity index (χ3v) is 12.3. The number of phenols is 1. The van der Waals surface area contributed by atoms with Crippen LogP contribution in [0, 0.1) is 13.0 Å². The van der Waals surface area contributed by atoms with Gasteiger partial charge in [0.1, 0.15) is 17.9 Å². The van der Waals surface area contributed by atoms with Gasteiger partial charge in [-0.3, -0.25) is 9.55 Å². The van der Waals surface area contributed by atoms with Gasteiger partial charge in [-0.05, 0) is 70.8 Å². The molecule has 0 saturated heterocycles. The molecule has 4 aromatic heterocycles. The zero-order chi connectivity index (χ0) is 41.2. The smallest absolute Gasteiger partial charge is 0.148 e. The van der Waals surface area contributed by atoms with Crippen LogP contribution in [0.5, 0.6) is 5.75 Å². The molecule has 0 fully saturated rings. The van der Waals surface area contributed by atoms with Gasteiger partial charge in [0.15, 0.2) is 0 Å². The minimum Gasteiger partial charge on any atom is -0.507 e. The van der Waals surface area contributed by atoms with Crippen LogP contribution in [0.2, 0.25) is 0 Å². The van der Waals surface area contributed by atoms with Crippen LogP contribution in [-0.2, 0) is 31.9 Å². The van der Waals surface area contributed by atoms with Gasteiger partial charge < -0.3 is 9.51 Å². The number of aryl methyl sites for hydroxylation is 1. The van der Waals surface area contributed by atoms with E-state index >= 15 is 0 Å². The molecule has 0 saturated carbocycles. The van der Waals surface area contributed by atoms with Crippen LogP contribution in [0.1, 0.15) is 58.2 Å². The standard InChI is InChI=1S/C54H44N5O.Pt/c1-31-20-24-44(38(26-31)32-14-9-8-10-15-32)59-46-19-13-17-35(48(46)57-52(59)40-28-34(53(2,3)4)29-41(51(40)60)54(5,6)7)33-21-25-45-39(27-33)49-47-42(55-30-56-49)23-22-37-36-16-11-12-18-43(36)58(45)50(37)47;/h8-26,28-30,60H,1-7H3;/q-1;. The van der Waals surface area contributed by atoms with Crippen molar-refractivity contribution in [1.82, 2.24) is 23.9 Å². The summed E-state index contributed by atoms with van der Waals surface area (Å²) >= 11 is 0. The first-order valence-electron chi connectivity index (χ1n) is 20.7. The molecule has 0 amide bonds. The summed E-state index contributed by atoms with van der Waals surface area (Å²) in [5.74, 6) is 0.928. The van der Waals surface area contributed by atoms with Crippen molar-refractivity contribution in [3.63, 3.8) is 0 Å². The molecule has 11 aromatic rings. The Kier molecular flexibility index (Phi) is 8.80. The molecule has 0 spiro atoms. The van der Waals surface area contributed by atoms with Crippen molar-refractivity contribution < 1.29 is 26.2 Å². The van der Waals surface area contributed by atoms with Gasteiger partial charge in [0.05, 0.1) is 33.3 Å². The van der Waals surface area contributed by atoms with Crippen molar-refractivity contribution in [2.75, 3.05) is 0 Å². The van der Waals surface area contributed by atoms with Gasteiger partial charge in [-0.15, -0.1) is 23.8 Å². The van der Waals surface area contributed by atoms with E-state index in [1.807, 2.05) is 0 Å². The van der Waals surface area contributed by atoms with E-state index < -0.39 is 0 Å². The van der Waals surface area contributed by atoms with Crippen LogP contribution >= 0.6 is 0 Å². The molecule has 0 aliphatic heterocycles. The molecule has 1 N–H and O–H groups in total. The van der Waals surface area contributed by atoms with Gasteiger partial charge in [-0.2, -0.15) is 0 Å². The molecule has 0 unspecified atom stereocenters. The molecule has 4 heterocycles. The van der Waals surface area contributed by atoms with Gasteiger partial charge in [-0.1, -0.05) is 137 Å². The number of fused-ring (bicyclic) bond motifs is 7. The summed E-state index contributed by atoms with van der Waals surface area (Å²) in [5.41, 5.74) is 15.3. The maximum Gasteiger partial charge on any atom is 0.148 e. The van der Waals surface area contributed by atoms with E-state index in [2.05, 4.69) is 191 Å². The van der Waals surface area contributed by atoms with E-state index in [9.17, 15) is 5.11 Å². The first-order chi connectivity index (χ1) is 28.9. The van der Waals surface area contributed by atoms with Gasteiger partial charge >= 0.3 is 0 Å². The molecular formula is C54H44N5OPt-. The Bertz CT molecular complexity index is 3530. The molecule has 11 rings (SSSR count). The molecule has 0 radical (unpaired) electrons. The first kappa shape index (κ1) is 38.8. The Balaban J connectivity index is 0.00000445. The number of phenolic OH excluding ortho intramolecular Hbond substituents is 1. The van der Waals surface area contributed by atoms with Crippen LogP contribution in [0.4, 0.5) is 0 Å². The monoisotopic (exact) mass is 973 g/mol. The fourth-order valence-electron chi connectivity index (χ4n) is 9.30. The number of imidazole rings is 1. The van der Waals surface area contributed by atoms with Crippen molar-refractivity contribution in [2.45, 2.75) is 59.3 Å². The predicted octanol–water partition coefficient (Wildman–Crippen LogP) is 13.5. The molecule has 0 bridgehead atoms. The Hall–Kier alpha value is -6.36. The number of para-hydroxylation sites is 2. The van der Waals surface area contributed by atoms with Crippen LogP contribution in [-0.4, -0.2) is 29.0 Å². The number of aromatic nitrogens is 5. The van der Waals surface area contributed by atoms with Gasteiger partial charge in [-0.25, -0.2) is 9.97 Å². The van der Waals surface area contributed by atoms with Crippen LogP contribution in [0.25, 0.3) is 99.5 Å². The summed E-state index contributed by atoms with van der Waals surface area (Å²) in [7, 11) is 0. The van der Waals surface area contributed by atoms with Crippen molar-refractivity contribution in [1.29, 1.82) is 0 Å². The van der Waals surface area contributed by atoms with Gasteiger partial charge in [0.25, 0.3) is 0 Å². The third kappa shape index (κ3) is 5.90. The Morgan fingerprint density at radius 3 is 2.18 bits per heavy atom. The van der Waals surface area contributed by atoms with E-state index in [0.29, 0.717) is 11.4 Å². The quantitative estimate of drug-likeness (QED) is 0.108. The Labute approximate surface area is 369 Å². The number of hydrogen-bond donors (Lipinski definition) is 1. The average molecular weight is 974 g/mol. The summed E-state index contributed by atoms with van der Waals surface area (Å²) in [4.78, 5) is 15.3. The molecule has 6 nitrogen and oxygen atoms in total. The van der Waals surface area contributed by atoms with E-state index in [0.717, 1.165) is 94.0 Å². The second kappa shape index (κ2) is 13.8. The fourth-order valence-corrected chi connectivity index (χ4v) is 9.30. The maximum absolute atomic E-state index is 12.4. The summed E-state index contributed by atoms with van der Waals surface area (Å²) in [5, 5.41) is 16.8. The molecular weight excluding hydrogens is 930 g/mol. The van der Waals surface area contributed by atoms with E-state index in [4.69, 9.17) is 15.0 Å². The molecule has 61 heavy (non-hydrogen) atoms. The van der Waals surface area contributed by atoms with E-state index in [1.165, 1.54) is 10.8 Å². The van der Waals surface area contributed by atoms with Crippen molar-refractivity contribution >= 4 is 60.2 Å². The van der Waals surface area contributed by atoms with Crippen molar-refractivity contribution in [2.24, 2.45) is 0 Å². The number of pyridine rings is 1. The van der Waals surface area contributed by atoms with Crippen LogP contribution in [0.3, 0.4) is 0 Å². The SMILES string of the molecule is Cc1ccc(-n2c(-c3cc(C(C)(C)C)cc(C(C)(C)C)c3O)nc3c(-c4[c-]c5c6ncnc7ccc8c9ccccc9n(c5cc4)c8c76)cccc32)c(-c2ccccc2)c1.[Pt]. The minimum atomic E-state index is -0.319. The largest absolute Gasteiger partial charge is 0.507 e. The van der Waals surface area contributed by atoms with Gasteiger partial charge in [0.2, 0.25) is 0 Å². The van der Waals surface area contributed by atoms with Crippen molar-refractivity contribution in [3.05, 3.63) is 156 Å². The van der Waals surface area contributed by atoms with E-state index in [1.54, 1.807) is 6.33 Å². The zero-order valence-corrected chi connectivity index (χ0v) is 37.5. The summed E-state index contributed by atoms with van der Waals surface area (Å²) in [6, 6.07) is 48.9. The Morgan fingerprint density at radius 1 is 0.623 bits per heavy atom. The van der Waals surface area contributed by atoms with Crippen LogP contribution < -0.4 is 0 Å². The molecule has 0 atom stereocenters. The topological polar surface area (TPSA) is 68.2 Å². The van der Waals surface area contributed by atoms with E-state index in [-0.39, 0.29) is 37.6 Å². The summed E-state index contributed by atoms with van der Waals surface area (Å²) < 4.78 is 4.60. The summed E-state index contributed by atoms with van der Waals surface area (Å²) in [6.45, 7) is 15.3. The molecule has 7 heteroatoms. The van der Waals surface area contributed by atoms with Crippen molar-refractivity contribution in [3.8, 4) is 45.1 Å². The number of aromatic hydroxyl groups is 1. The number of rotatable bonds is 4. The zero-order valence-electron chi connectivity index (χ0n) is 35.2.